The van der Waals surface area contributed by atoms with Crippen LogP contribution in [0.5, 0.6) is 11.5 Å². The Morgan fingerprint density at radius 2 is 1.78 bits per heavy atom. The zero-order valence-electron chi connectivity index (χ0n) is 19.5. The van der Waals surface area contributed by atoms with Gasteiger partial charge in [0.1, 0.15) is 19.3 Å². The number of fused-ring (bicyclic) bond motifs is 1. The molecule has 2 aromatic rings. The Bertz CT molecular complexity index is 943. The molecule has 2 aromatic carbocycles. The summed E-state index contributed by atoms with van der Waals surface area (Å²) in [5, 5.41) is 3.01. The van der Waals surface area contributed by atoms with Gasteiger partial charge >= 0.3 is 0 Å². The van der Waals surface area contributed by atoms with Crippen molar-refractivity contribution in [1.29, 1.82) is 0 Å². The predicted octanol–water partition coefficient (Wildman–Crippen LogP) is 4.03. The third-order valence-corrected chi connectivity index (χ3v) is 5.84. The summed E-state index contributed by atoms with van der Waals surface area (Å²) in [5.41, 5.74) is 3.15. The molecule has 2 atom stereocenters. The molecule has 172 valence electrons. The summed E-state index contributed by atoms with van der Waals surface area (Å²) in [6.45, 7) is 9.30. The van der Waals surface area contributed by atoms with E-state index in [0.717, 1.165) is 34.6 Å². The predicted molar refractivity (Wildman–Crippen MR) is 125 cm³/mol. The van der Waals surface area contributed by atoms with Gasteiger partial charge in [-0.25, -0.2) is 0 Å². The van der Waals surface area contributed by atoms with E-state index in [1.807, 2.05) is 57.2 Å². The molecule has 32 heavy (non-hydrogen) atoms. The molecule has 0 aromatic heterocycles. The molecular weight excluding hydrogens is 404 g/mol. The average Bonchev–Trinajstić information content (AvgIpc) is 2.80. The Kier molecular flexibility index (Phi) is 8.14. The lowest BCUT2D eigenvalue weighted by molar-refractivity contribution is -0.140. The molecule has 0 saturated carbocycles. The lowest BCUT2D eigenvalue weighted by Crippen LogP contribution is -2.49. The maximum Gasteiger partial charge on any atom is 0.242 e. The van der Waals surface area contributed by atoms with Crippen LogP contribution in [0.1, 0.15) is 50.3 Å². The van der Waals surface area contributed by atoms with Crippen molar-refractivity contribution in [3.8, 4) is 11.5 Å². The highest BCUT2D eigenvalue weighted by Crippen LogP contribution is 2.31. The van der Waals surface area contributed by atoms with Crippen molar-refractivity contribution in [3.63, 3.8) is 0 Å². The molecule has 0 fully saturated rings. The second-order valence-corrected chi connectivity index (χ2v) is 8.48. The number of nitrogens with zero attached hydrogens (tertiary/aromatic N) is 1. The number of hydrogen-bond acceptors (Lipinski definition) is 4. The van der Waals surface area contributed by atoms with E-state index in [1.54, 1.807) is 11.8 Å². The van der Waals surface area contributed by atoms with E-state index in [1.165, 1.54) is 0 Å². The number of ether oxygens (including phenoxy) is 2. The fourth-order valence-corrected chi connectivity index (χ4v) is 3.69. The van der Waals surface area contributed by atoms with Crippen LogP contribution in [0.15, 0.2) is 42.5 Å². The van der Waals surface area contributed by atoms with Crippen LogP contribution in [-0.4, -0.2) is 42.0 Å². The second-order valence-electron chi connectivity index (χ2n) is 8.48. The Hall–Kier alpha value is -3.02. The molecule has 0 aliphatic carbocycles. The Morgan fingerprint density at radius 3 is 2.50 bits per heavy atom. The van der Waals surface area contributed by atoms with Gasteiger partial charge in [0.05, 0.1) is 0 Å². The molecule has 1 aliphatic rings. The number of aryl methyl sites for hydroxylation is 2. The van der Waals surface area contributed by atoms with Crippen LogP contribution < -0.4 is 14.8 Å². The van der Waals surface area contributed by atoms with Crippen LogP contribution >= 0.6 is 0 Å². The third-order valence-electron chi connectivity index (χ3n) is 5.84. The number of hydrogen-bond donors (Lipinski definition) is 1. The SMILES string of the molecule is CC[C@H](C)NC(=O)[C@H](C)N(Cc1cccc(C)c1)C(=O)CCc1ccc2c(c1)OCCO2. The van der Waals surface area contributed by atoms with E-state index >= 15 is 0 Å². The van der Waals surface area contributed by atoms with Gasteiger partial charge < -0.3 is 19.7 Å². The molecule has 0 saturated heterocycles. The van der Waals surface area contributed by atoms with Gasteiger partial charge in [-0.1, -0.05) is 42.8 Å². The van der Waals surface area contributed by atoms with Crippen LogP contribution in [-0.2, 0) is 22.6 Å². The maximum atomic E-state index is 13.3. The molecule has 1 N–H and O–H groups in total. The lowest BCUT2D eigenvalue weighted by atomic mass is 10.1. The first kappa shape index (κ1) is 23.6. The van der Waals surface area contributed by atoms with E-state index < -0.39 is 6.04 Å². The first-order valence-corrected chi connectivity index (χ1v) is 11.4. The molecule has 0 bridgehead atoms. The quantitative estimate of drug-likeness (QED) is 0.642. The highest BCUT2D eigenvalue weighted by atomic mass is 16.6. The Balaban J connectivity index is 1.72. The molecule has 3 rings (SSSR count). The van der Waals surface area contributed by atoms with Gasteiger partial charge in [0.25, 0.3) is 0 Å². The standard InChI is InChI=1S/C26H34N2O4/c1-5-19(3)27-26(30)20(4)28(17-22-8-6-7-18(2)15-22)25(29)12-10-21-9-11-23-24(16-21)32-14-13-31-23/h6-9,11,15-16,19-20H,5,10,12-14,17H2,1-4H3,(H,27,30)/t19-,20-/m0/s1. The highest BCUT2D eigenvalue weighted by Gasteiger charge is 2.26. The lowest BCUT2D eigenvalue weighted by Gasteiger charge is -2.30. The molecule has 6 nitrogen and oxygen atoms in total. The van der Waals surface area contributed by atoms with Crippen molar-refractivity contribution < 1.29 is 19.1 Å². The van der Waals surface area contributed by atoms with Gasteiger partial charge in [0, 0.05) is 19.0 Å². The van der Waals surface area contributed by atoms with E-state index in [9.17, 15) is 9.59 Å². The smallest absolute Gasteiger partial charge is 0.242 e. The number of amides is 2. The van der Waals surface area contributed by atoms with Gasteiger partial charge in [-0.15, -0.1) is 0 Å². The van der Waals surface area contributed by atoms with Gasteiger partial charge in [-0.2, -0.15) is 0 Å². The van der Waals surface area contributed by atoms with Crippen molar-refractivity contribution in [2.45, 2.75) is 65.6 Å². The van der Waals surface area contributed by atoms with Gasteiger partial charge in [-0.05, 0) is 56.9 Å². The van der Waals surface area contributed by atoms with Gasteiger partial charge in [0.2, 0.25) is 11.8 Å². The minimum Gasteiger partial charge on any atom is -0.486 e. The largest absolute Gasteiger partial charge is 0.486 e. The summed E-state index contributed by atoms with van der Waals surface area (Å²) >= 11 is 0. The zero-order chi connectivity index (χ0) is 23.1. The van der Waals surface area contributed by atoms with Gasteiger partial charge in [0.15, 0.2) is 11.5 Å². The topological polar surface area (TPSA) is 67.9 Å². The van der Waals surface area contributed by atoms with E-state index in [-0.39, 0.29) is 17.9 Å². The Labute approximate surface area is 190 Å². The summed E-state index contributed by atoms with van der Waals surface area (Å²) in [4.78, 5) is 27.8. The van der Waals surface area contributed by atoms with E-state index in [2.05, 4.69) is 11.4 Å². The first-order chi connectivity index (χ1) is 15.4. The Morgan fingerprint density at radius 1 is 1.03 bits per heavy atom. The monoisotopic (exact) mass is 438 g/mol. The number of rotatable bonds is 9. The second kappa shape index (κ2) is 11.0. The number of nitrogens with one attached hydrogen (secondary N) is 1. The van der Waals surface area contributed by atoms with Crippen LogP contribution in [0.25, 0.3) is 0 Å². The summed E-state index contributed by atoms with van der Waals surface area (Å²) in [5.74, 6) is 1.29. The summed E-state index contributed by atoms with van der Waals surface area (Å²) in [6, 6.07) is 13.4. The van der Waals surface area contributed by atoms with Crippen molar-refractivity contribution in [1.82, 2.24) is 10.2 Å². The van der Waals surface area contributed by atoms with Crippen LogP contribution in [0.4, 0.5) is 0 Å². The summed E-state index contributed by atoms with van der Waals surface area (Å²) in [7, 11) is 0. The van der Waals surface area contributed by atoms with Crippen molar-refractivity contribution in [2.75, 3.05) is 13.2 Å². The normalized spacial score (nSPS) is 14.4. The molecule has 2 amide bonds. The van der Waals surface area contributed by atoms with Gasteiger partial charge in [-0.3, -0.25) is 9.59 Å². The van der Waals surface area contributed by atoms with Crippen molar-refractivity contribution >= 4 is 11.8 Å². The number of benzene rings is 2. The summed E-state index contributed by atoms with van der Waals surface area (Å²) < 4.78 is 11.2. The third kappa shape index (κ3) is 6.25. The van der Waals surface area contributed by atoms with E-state index in [4.69, 9.17) is 9.47 Å². The molecule has 1 heterocycles. The molecule has 6 heteroatoms. The first-order valence-electron chi connectivity index (χ1n) is 11.4. The maximum absolute atomic E-state index is 13.3. The fourth-order valence-electron chi connectivity index (χ4n) is 3.69. The number of carbonyl (C=O) groups excluding carboxylic acids is 2. The molecule has 0 unspecified atom stereocenters. The molecular formula is C26H34N2O4. The minimum absolute atomic E-state index is 0.0480. The molecule has 1 aliphatic heterocycles. The average molecular weight is 439 g/mol. The zero-order valence-corrected chi connectivity index (χ0v) is 19.5. The summed E-state index contributed by atoms with van der Waals surface area (Å²) in [6.07, 6.45) is 1.72. The van der Waals surface area contributed by atoms with Crippen LogP contribution in [0.3, 0.4) is 0 Å². The van der Waals surface area contributed by atoms with Crippen LogP contribution in [0.2, 0.25) is 0 Å². The van der Waals surface area contributed by atoms with E-state index in [0.29, 0.717) is 32.6 Å². The number of carbonyl (C=O) groups is 2. The van der Waals surface area contributed by atoms with Crippen molar-refractivity contribution in [3.05, 3.63) is 59.2 Å². The molecule has 0 radical (unpaired) electrons. The fraction of sp³-hybridized carbons (Fsp3) is 0.462. The van der Waals surface area contributed by atoms with Crippen LogP contribution in [0, 0.1) is 6.92 Å². The van der Waals surface area contributed by atoms with Crippen molar-refractivity contribution in [2.24, 2.45) is 0 Å². The molecule has 0 spiro atoms. The highest BCUT2D eigenvalue weighted by molar-refractivity contribution is 5.87. The minimum atomic E-state index is -0.558.